The molecule has 0 aliphatic heterocycles. The van der Waals surface area contributed by atoms with Crippen LogP contribution < -0.4 is 5.32 Å². The molecule has 0 radical (unpaired) electrons. The number of methoxy groups -OCH3 is 2. The van der Waals surface area contributed by atoms with Crippen molar-refractivity contribution in [1.29, 1.82) is 0 Å². The maximum absolute atomic E-state index is 13.5. The fraction of sp³-hybridized carbons (Fsp3) is 0.652. The Hall–Kier alpha value is -1.63. The first-order valence-electron chi connectivity index (χ1n) is 10.6. The SMILES string of the molecule is COC(CN(C(=O)CCl)[C@H](C(=O)N[C@@H]1CCC[C@@H](C)[C@@H]1C)c1ccc(C)cc1)OC. The Morgan fingerprint density at radius 1 is 1.17 bits per heavy atom. The average Bonchev–Trinajstić information content (AvgIpc) is 2.74. The van der Waals surface area contributed by atoms with Crippen molar-refractivity contribution in [3.8, 4) is 0 Å². The van der Waals surface area contributed by atoms with Crippen LogP contribution in [0.3, 0.4) is 0 Å². The molecule has 0 aromatic heterocycles. The minimum Gasteiger partial charge on any atom is -0.354 e. The molecule has 7 heteroatoms. The van der Waals surface area contributed by atoms with Crippen molar-refractivity contribution in [1.82, 2.24) is 10.2 Å². The first kappa shape index (κ1) is 24.6. The van der Waals surface area contributed by atoms with Gasteiger partial charge in [0.05, 0.1) is 6.54 Å². The average molecular weight is 439 g/mol. The molecule has 1 N–H and O–H groups in total. The van der Waals surface area contributed by atoms with Gasteiger partial charge in [0.15, 0.2) is 6.29 Å². The molecule has 2 amide bonds. The van der Waals surface area contributed by atoms with Crippen LogP contribution in [0.1, 0.15) is 50.3 Å². The van der Waals surface area contributed by atoms with Crippen LogP contribution in [0.15, 0.2) is 24.3 Å². The zero-order chi connectivity index (χ0) is 22.3. The van der Waals surface area contributed by atoms with E-state index in [9.17, 15) is 9.59 Å². The number of alkyl halides is 1. The molecule has 4 atom stereocenters. The van der Waals surface area contributed by atoms with Crippen LogP contribution in [-0.2, 0) is 19.1 Å². The standard InChI is InChI=1S/C23H35ClN2O4/c1-15-9-11-18(12-10-15)22(26(20(27)13-24)14-21(29-4)30-5)23(28)25-19-8-6-7-16(2)17(19)3/h9-12,16-17,19,21-22H,6-8,13-14H2,1-5H3,(H,25,28)/t16-,17+,19-,22+/m1/s1. The number of rotatable bonds is 9. The lowest BCUT2D eigenvalue weighted by atomic mass is 9.78. The van der Waals surface area contributed by atoms with E-state index in [0.29, 0.717) is 11.8 Å². The first-order chi connectivity index (χ1) is 14.3. The van der Waals surface area contributed by atoms with Gasteiger partial charge in [-0.25, -0.2) is 0 Å². The molecule has 0 bridgehead atoms. The van der Waals surface area contributed by atoms with Gasteiger partial charge in [0, 0.05) is 20.3 Å². The molecule has 0 unspecified atom stereocenters. The predicted octanol–water partition coefficient (Wildman–Crippen LogP) is 3.66. The summed E-state index contributed by atoms with van der Waals surface area (Å²) in [6.45, 7) is 6.49. The molecule has 6 nitrogen and oxygen atoms in total. The third-order valence-electron chi connectivity index (χ3n) is 6.29. The van der Waals surface area contributed by atoms with Crippen LogP contribution in [0.25, 0.3) is 0 Å². The summed E-state index contributed by atoms with van der Waals surface area (Å²) in [5.41, 5.74) is 1.81. The number of carbonyl (C=O) groups excluding carboxylic acids is 2. The van der Waals surface area contributed by atoms with Crippen LogP contribution in [0.4, 0.5) is 0 Å². The largest absolute Gasteiger partial charge is 0.354 e. The second-order valence-electron chi connectivity index (χ2n) is 8.28. The Kier molecular flexibility index (Phi) is 9.59. The van der Waals surface area contributed by atoms with Gasteiger partial charge in [-0.05, 0) is 30.7 Å². The number of hydrogen-bond acceptors (Lipinski definition) is 4. The molecule has 0 heterocycles. The van der Waals surface area contributed by atoms with Crippen molar-refractivity contribution in [2.45, 2.75) is 58.4 Å². The monoisotopic (exact) mass is 438 g/mol. The number of hydrogen-bond donors (Lipinski definition) is 1. The number of aryl methyl sites for hydroxylation is 1. The summed E-state index contributed by atoms with van der Waals surface area (Å²) in [6, 6.07) is 6.92. The van der Waals surface area contributed by atoms with Crippen LogP contribution >= 0.6 is 11.6 Å². The molecule has 0 spiro atoms. The van der Waals surface area contributed by atoms with Gasteiger partial charge in [-0.15, -0.1) is 11.6 Å². The van der Waals surface area contributed by atoms with Gasteiger partial charge >= 0.3 is 0 Å². The molecule has 1 aromatic carbocycles. The molecule has 1 saturated carbocycles. The minimum atomic E-state index is -0.811. The number of amides is 2. The minimum absolute atomic E-state index is 0.0859. The van der Waals surface area contributed by atoms with E-state index >= 15 is 0 Å². The highest BCUT2D eigenvalue weighted by molar-refractivity contribution is 6.27. The lowest BCUT2D eigenvalue weighted by molar-refractivity contribution is -0.153. The van der Waals surface area contributed by atoms with Gasteiger partial charge in [0.1, 0.15) is 11.9 Å². The second kappa shape index (κ2) is 11.7. The van der Waals surface area contributed by atoms with E-state index in [1.165, 1.54) is 25.5 Å². The third kappa shape index (κ3) is 6.19. The summed E-state index contributed by atoms with van der Waals surface area (Å²) >= 11 is 5.91. The first-order valence-corrected chi connectivity index (χ1v) is 11.1. The molecule has 0 saturated heterocycles. The van der Waals surface area contributed by atoms with E-state index < -0.39 is 12.3 Å². The Labute approximate surface area is 185 Å². The van der Waals surface area contributed by atoms with E-state index in [4.69, 9.17) is 21.1 Å². The smallest absolute Gasteiger partial charge is 0.247 e. The van der Waals surface area contributed by atoms with Crippen LogP contribution in [-0.4, -0.2) is 55.7 Å². The fourth-order valence-electron chi connectivity index (χ4n) is 4.10. The Morgan fingerprint density at radius 2 is 1.80 bits per heavy atom. The van der Waals surface area contributed by atoms with Crippen molar-refractivity contribution in [3.63, 3.8) is 0 Å². The van der Waals surface area contributed by atoms with Crippen LogP contribution in [0.5, 0.6) is 0 Å². The van der Waals surface area contributed by atoms with Crippen molar-refractivity contribution in [2.24, 2.45) is 11.8 Å². The number of nitrogens with zero attached hydrogens (tertiary/aromatic N) is 1. The van der Waals surface area contributed by atoms with E-state index in [1.807, 2.05) is 31.2 Å². The zero-order valence-corrected chi connectivity index (χ0v) is 19.4. The van der Waals surface area contributed by atoms with Gasteiger partial charge in [0.2, 0.25) is 11.8 Å². The Bertz CT molecular complexity index is 693. The summed E-state index contributed by atoms with van der Waals surface area (Å²) in [7, 11) is 3.01. The quantitative estimate of drug-likeness (QED) is 0.472. The lowest BCUT2D eigenvalue weighted by Crippen LogP contribution is -2.51. The molecule has 1 aliphatic carbocycles. The molecular formula is C23H35ClN2O4. The normalized spacial score (nSPS) is 22.6. The molecule has 1 aromatic rings. The van der Waals surface area contributed by atoms with E-state index in [1.54, 1.807) is 0 Å². The van der Waals surface area contributed by atoms with Crippen molar-refractivity contribution in [2.75, 3.05) is 26.6 Å². The highest BCUT2D eigenvalue weighted by Gasteiger charge is 2.36. The molecule has 168 valence electrons. The second-order valence-corrected chi connectivity index (χ2v) is 8.54. The molecule has 1 fully saturated rings. The summed E-state index contributed by atoms with van der Waals surface area (Å²) in [5.74, 6) is 0.154. The molecule has 1 aliphatic rings. The van der Waals surface area contributed by atoms with Crippen molar-refractivity contribution < 1.29 is 19.1 Å². The summed E-state index contributed by atoms with van der Waals surface area (Å²) in [4.78, 5) is 27.8. The summed E-state index contributed by atoms with van der Waals surface area (Å²) < 4.78 is 10.6. The molecule has 30 heavy (non-hydrogen) atoms. The maximum Gasteiger partial charge on any atom is 0.247 e. The van der Waals surface area contributed by atoms with E-state index in [-0.39, 0.29) is 30.3 Å². The van der Waals surface area contributed by atoms with Crippen LogP contribution in [0.2, 0.25) is 0 Å². The van der Waals surface area contributed by atoms with Gasteiger partial charge in [0.25, 0.3) is 0 Å². The third-order valence-corrected chi connectivity index (χ3v) is 6.52. The maximum atomic E-state index is 13.5. The van der Waals surface area contributed by atoms with Crippen LogP contribution in [0, 0.1) is 18.8 Å². The topological polar surface area (TPSA) is 67.9 Å². The number of nitrogens with one attached hydrogen (secondary N) is 1. The number of carbonyl (C=O) groups is 2. The van der Waals surface area contributed by atoms with Gasteiger partial charge in [-0.2, -0.15) is 0 Å². The highest BCUT2D eigenvalue weighted by atomic mass is 35.5. The predicted molar refractivity (Wildman–Crippen MR) is 118 cm³/mol. The Balaban J connectivity index is 2.37. The highest BCUT2D eigenvalue weighted by Crippen LogP contribution is 2.31. The van der Waals surface area contributed by atoms with E-state index in [2.05, 4.69) is 19.2 Å². The fourth-order valence-corrected chi connectivity index (χ4v) is 4.26. The zero-order valence-electron chi connectivity index (χ0n) is 18.7. The lowest BCUT2D eigenvalue weighted by Gasteiger charge is -2.38. The Morgan fingerprint density at radius 3 is 2.37 bits per heavy atom. The van der Waals surface area contributed by atoms with Crippen molar-refractivity contribution >= 4 is 23.4 Å². The van der Waals surface area contributed by atoms with Crippen molar-refractivity contribution in [3.05, 3.63) is 35.4 Å². The summed E-state index contributed by atoms with van der Waals surface area (Å²) in [6.07, 6.45) is 2.55. The van der Waals surface area contributed by atoms with Gasteiger partial charge < -0.3 is 19.7 Å². The molecule has 2 rings (SSSR count). The summed E-state index contributed by atoms with van der Waals surface area (Å²) in [5, 5.41) is 3.22. The van der Waals surface area contributed by atoms with Gasteiger partial charge in [-0.3, -0.25) is 9.59 Å². The number of benzene rings is 1. The van der Waals surface area contributed by atoms with Gasteiger partial charge in [-0.1, -0.05) is 56.5 Å². The molecular weight excluding hydrogens is 404 g/mol. The van der Waals surface area contributed by atoms with E-state index in [0.717, 1.165) is 24.0 Å². The number of halogens is 1. The number of ether oxygens (including phenoxy) is 2.